The Hall–Kier alpha value is -2.64. The van der Waals surface area contributed by atoms with E-state index >= 15 is 0 Å². The van der Waals surface area contributed by atoms with E-state index in [0.29, 0.717) is 24.1 Å². The minimum absolute atomic E-state index is 0.0354. The first kappa shape index (κ1) is 19.1. The molecule has 142 valence electrons. The normalized spacial score (nSPS) is 11.6. The molecule has 0 fully saturated rings. The van der Waals surface area contributed by atoms with Gasteiger partial charge in [-0.25, -0.2) is 8.42 Å². The lowest BCUT2D eigenvalue weighted by Crippen LogP contribution is -2.30. The van der Waals surface area contributed by atoms with Crippen LogP contribution < -0.4 is 5.32 Å². The standard InChI is InChI=1S/C20H22N2O4S/c1-15-7-9-16(10-8-15)27(24,25)19-13-22(14-20(23)21-11-12-26-2)18-6-4-3-5-17(18)19/h3-10,13H,11-12,14H2,1-2H3,(H,21,23). The van der Waals surface area contributed by atoms with Crippen LogP contribution >= 0.6 is 0 Å². The Morgan fingerprint density at radius 3 is 2.52 bits per heavy atom. The highest BCUT2D eigenvalue weighted by Gasteiger charge is 2.23. The van der Waals surface area contributed by atoms with E-state index in [4.69, 9.17) is 4.74 Å². The van der Waals surface area contributed by atoms with Gasteiger partial charge in [-0.15, -0.1) is 0 Å². The molecule has 1 heterocycles. The zero-order valence-electron chi connectivity index (χ0n) is 15.3. The van der Waals surface area contributed by atoms with E-state index in [-0.39, 0.29) is 22.2 Å². The smallest absolute Gasteiger partial charge is 0.240 e. The Kier molecular flexibility index (Phi) is 5.62. The summed E-state index contributed by atoms with van der Waals surface area (Å²) in [6.07, 6.45) is 1.54. The third kappa shape index (κ3) is 4.04. The van der Waals surface area contributed by atoms with E-state index in [2.05, 4.69) is 5.32 Å². The van der Waals surface area contributed by atoms with Crippen LogP contribution in [0.4, 0.5) is 0 Å². The summed E-state index contributed by atoms with van der Waals surface area (Å²) in [7, 11) is -2.13. The number of amides is 1. The summed E-state index contributed by atoms with van der Waals surface area (Å²) in [5.74, 6) is -0.202. The van der Waals surface area contributed by atoms with Crippen molar-refractivity contribution in [1.82, 2.24) is 9.88 Å². The van der Waals surface area contributed by atoms with Crippen molar-refractivity contribution in [3.05, 3.63) is 60.3 Å². The number of carbonyl (C=O) groups is 1. The van der Waals surface area contributed by atoms with Gasteiger partial charge in [0.05, 0.1) is 16.4 Å². The van der Waals surface area contributed by atoms with Crippen molar-refractivity contribution in [2.45, 2.75) is 23.3 Å². The van der Waals surface area contributed by atoms with Crippen LogP contribution in [-0.4, -0.2) is 39.2 Å². The van der Waals surface area contributed by atoms with Gasteiger partial charge in [-0.05, 0) is 25.1 Å². The molecule has 7 heteroatoms. The van der Waals surface area contributed by atoms with Crippen molar-refractivity contribution in [2.24, 2.45) is 0 Å². The quantitative estimate of drug-likeness (QED) is 0.633. The molecule has 0 aliphatic carbocycles. The average Bonchev–Trinajstić information content (AvgIpc) is 3.02. The molecule has 1 N–H and O–H groups in total. The minimum Gasteiger partial charge on any atom is -0.383 e. The molecule has 0 aliphatic heterocycles. The number of nitrogens with one attached hydrogen (secondary N) is 1. The fourth-order valence-electron chi connectivity index (χ4n) is 2.91. The van der Waals surface area contributed by atoms with Crippen molar-refractivity contribution < 1.29 is 17.9 Å². The predicted molar refractivity (Wildman–Crippen MR) is 103 cm³/mol. The van der Waals surface area contributed by atoms with Crippen molar-refractivity contribution in [1.29, 1.82) is 0 Å². The van der Waals surface area contributed by atoms with Crippen LogP contribution in [-0.2, 0) is 25.9 Å². The molecule has 6 nitrogen and oxygen atoms in total. The van der Waals surface area contributed by atoms with E-state index < -0.39 is 9.84 Å². The molecule has 0 unspecified atom stereocenters. The maximum absolute atomic E-state index is 13.1. The number of carbonyl (C=O) groups excluding carboxylic acids is 1. The lowest BCUT2D eigenvalue weighted by atomic mass is 10.2. The van der Waals surface area contributed by atoms with Crippen molar-refractivity contribution in [2.75, 3.05) is 20.3 Å². The fraction of sp³-hybridized carbons (Fsp3) is 0.250. The number of aromatic nitrogens is 1. The molecular formula is C20H22N2O4S. The van der Waals surface area contributed by atoms with Crippen LogP contribution in [0.2, 0.25) is 0 Å². The summed E-state index contributed by atoms with van der Waals surface area (Å²) in [6.45, 7) is 2.77. The highest BCUT2D eigenvalue weighted by Crippen LogP contribution is 2.30. The largest absolute Gasteiger partial charge is 0.383 e. The maximum atomic E-state index is 13.1. The number of nitrogens with zero attached hydrogens (tertiary/aromatic N) is 1. The van der Waals surface area contributed by atoms with Crippen molar-refractivity contribution in [3.63, 3.8) is 0 Å². The van der Waals surface area contributed by atoms with Crippen LogP contribution in [0, 0.1) is 6.92 Å². The van der Waals surface area contributed by atoms with Gasteiger partial charge < -0.3 is 14.6 Å². The van der Waals surface area contributed by atoms with Crippen LogP contribution in [0.1, 0.15) is 5.56 Å². The van der Waals surface area contributed by atoms with Gasteiger partial charge in [0.1, 0.15) is 6.54 Å². The lowest BCUT2D eigenvalue weighted by molar-refractivity contribution is -0.121. The van der Waals surface area contributed by atoms with Gasteiger partial charge >= 0.3 is 0 Å². The second-order valence-electron chi connectivity index (χ2n) is 6.30. The first-order valence-electron chi connectivity index (χ1n) is 8.59. The number of hydrogen-bond donors (Lipinski definition) is 1. The van der Waals surface area contributed by atoms with Crippen LogP contribution in [0.25, 0.3) is 10.9 Å². The lowest BCUT2D eigenvalue weighted by Gasteiger charge is -2.06. The summed E-state index contributed by atoms with van der Waals surface area (Å²) < 4.78 is 32.9. The monoisotopic (exact) mass is 386 g/mol. The predicted octanol–water partition coefficient (Wildman–Crippen LogP) is 2.55. The van der Waals surface area contributed by atoms with Crippen LogP contribution in [0.5, 0.6) is 0 Å². The zero-order valence-corrected chi connectivity index (χ0v) is 16.1. The molecule has 27 heavy (non-hydrogen) atoms. The second-order valence-corrected chi connectivity index (χ2v) is 8.22. The number of aryl methyl sites for hydroxylation is 1. The second kappa shape index (κ2) is 7.94. The molecule has 0 bridgehead atoms. The molecule has 0 saturated heterocycles. The molecule has 2 aromatic carbocycles. The molecule has 3 aromatic rings. The molecular weight excluding hydrogens is 364 g/mol. The number of hydrogen-bond acceptors (Lipinski definition) is 4. The molecule has 0 atom stereocenters. The molecule has 0 aliphatic rings. The van der Waals surface area contributed by atoms with Crippen LogP contribution in [0.15, 0.2) is 64.5 Å². The number of fused-ring (bicyclic) bond motifs is 1. The van der Waals surface area contributed by atoms with Gasteiger partial charge in [0.15, 0.2) is 0 Å². The molecule has 1 amide bonds. The average molecular weight is 386 g/mol. The van der Waals surface area contributed by atoms with Crippen molar-refractivity contribution in [3.8, 4) is 0 Å². The molecule has 1 aromatic heterocycles. The number of para-hydroxylation sites is 1. The first-order valence-corrected chi connectivity index (χ1v) is 10.1. The number of benzene rings is 2. The summed E-state index contributed by atoms with van der Waals surface area (Å²) in [6, 6.07) is 13.9. The Labute approximate surface area is 158 Å². The SMILES string of the molecule is COCCNC(=O)Cn1cc(S(=O)(=O)c2ccc(C)cc2)c2ccccc21. The van der Waals surface area contributed by atoms with Gasteiger partial charge in [0.2, 0.25) is 15.7 Å². The number of rotatable bonds is 7. The van der Waals surface area contributed by atoms with E-state index in [9.17, 15) is 13.2 Å². The van der Waals surface area contributed by atoms with Gasteiger partial charge in [-0.2, -0.15) is 0 Å². The van der Waals surface area contributed by atoms with Crippen LogP contribution in [0.3, 0.4) is 0 Å². The van der Waals surface area contributed by atoms with Gasteiger partial charge in [-0.1, -0.05) is 35.9 Å². The highest BCUT2D eigenvalue weighted by atomic mass is 32.2. The molecule has 0 radical (unpaired) electrons. The van der Waals surface area contributed by atoms with Crippen molar-refractivity contribution >= 4 is 26.6 Å². The number of ether oxygens (including phenoxy) is 1. The first-order chi connectivity index (χ1) is 12.9. The summed E-state index contributed by atoms with van der Waals surface area (Å²) in [5.41, 5.74) is 1.69. The maximum Gasteiger partial charge on any atom is 0.240 e. The molecule has 0 spiro atoms. The zero-order chi connectivity index (χ0) is 19.4. The Morgan fingerprint density at radius 2 is 1.81 bits per heavy atom. The summed E-state index contributed by atoms with van der Waals surface area (Å²) in [5, 5.41) is 3.35. The Morgan fingerprint density at radius 1 is 1.11 bits per heavy atom. The van der Waals surface area contributed by atoms with Gasteiger partial charge in [0, 0.05) is 30.8 Å². The minimum atomic E-state index is -3.69. The van der Waals surface area contributed by atoms with E-state index in [1.165, 1.54) is 6.20 Å². The molecule has 3 rings (SSSR count). The Bertz CT molecular complexity index is 1050. The van der Waals surface area contributed by atoms with E-state index in [1.807, 2.05) is 19.1 Å². The van der Waals surface area contributed by atoms with E-state index in [1.54, 1.807) is 48.1 Å². The van der Waals surface area contributed by atoms with E-state index in [0.717, 1.165) is 5.56 Å². The van der Waals surface area contributed by atoms with Gasteiger partial charge in [-0.3, -0.25) is 4.79 Å². The third-order valence-electron chi connectivity index (χ3n) is 4.32. The van der Waals surface area contributed by atoms with Gasteiger partial charge in [0.25, 0.3) is 0 Å². The third-order valence-corrected chi connectivity index (χ3v) is 6.11. The highest BCUT2D eigenvalue weighted by molar-refractivity contribution is 7.91. The fourth-order valence-corrected chi connectivity index (χ4v) is 4.38. The Balaban J connectivity index is 1.99. The molecule has 0 saturated carbocycles. The number of sulfone groups is 1. The summed E-state index contributed by atoms with van der Waals surface area (Å²) >= 11 is 0. The topological polar surface area (TPSA) is 77.4 Å². The summed E-state index contributed by atoms with van der Waals surface area (Å²) in [4.78, 5) is 12.6. The number of methoxy groups -OCH3 is 1.